The first kappa shape index (κ1) is 21.6. The second kappa shape index (κ2) is 13.8. The van der Waals surface area contributed by atoms with Crippen LogP contribution in [0.4, 0.5) is 0 Å². The summed E-state index contributed by atoms with van der Waals surface area (Å²) in [6.45, 7) is 2.68. The molecule has 0 radical (unpaired) electrons. The summed E-state index contributed by atoms with van der Waals surface area (Å²) in [5.74, 6) is 0. The maximum absolute atomic E-state index is 10.00. The van der Waals surface area contributed by atoms with E-state index in [1.165, 1.54) is 32.1 Å². The molecule has 4 atom stereocenters. The van der Waals surface area contributed by atoms with E-state index in [-0.39, 0.29) is 6.61 Å². The summed E-state index contributed by atoms with van der Waals surface area (Å²) < 4.78 is 10.9. The van der Waals surface area contributed by atoms with E-state index in [4.69, 9.17) is 14.6 Å². The molecule has 1 aliphatic rings. The molecule has 1 heterocycles. The van der Waals surface area contributed by atoms with Crippen LogP contribution in [0.25, 0.3) is 0 Å². The molecule has 0 amide bonds. The fourth-order valence-corrected chi connectivity index (χ4v) is 2.90. The Kier molecular flexibility index (Phi) is 12.4. The normalized spacial score (nSPS) is 25.6. The second-order valence-electron chi connectivity index (χ2n) is 6.62. The third-order valence-corrected chi connectivity index (χ3v) is 4.47. The Morgan fingerprint density at radius 2 is 1.75 bits per heavy atom. The molecule has 0 bridgehead atoms. The monoisotopic (exact) mass is 344 g/mol. The van der Waals surface area contributed by atoms with Gasteiger partial charge in [0, 0.05) is 6.61 Å². The van der Waals surface area contributed by atoms with Crippen LogP contribution in [-0.4, -0.2) is 59.6 Å². The van der Waals surface area contributed by atoms with E-state index in [0.717, 1.165) is 25.7 Å². The van der Waals surface area contributed by atoms with E-state index in [2.05, 4.69) is 19.1 Å². The average Bonchev–Trinajstić information content (AvgIpc) is 2.96. The molecule has 0 unspecified atom stereocenters. The first-order valence-electron chi connectivity index (χ1n) is 9.55. The lowest BCUT2D eigenvalue weighted by atomic mass is 10.1. The Balaban J connectivity index is 1.94. The molecule has 0 aromatic rings. The summed E-state index contributed by atoms with van der Waals surface area (Å²) in [5, 5.41) is 28.4. The molecule has 0 aromatic carbocycles. The number of unbranched alkanes of at least 4 members (excludes halogenated alkanes) is 7. The molecule has 1 saturated heterocycles. The maximum atomic E-state index is 10.00. The summed E-state index contributed by atoms with van der Waals surface area (Å²) in [7, 11) is 0. The molecule has 1 fully saturated rings. The van der Waals surface area contributed by atoms with Crippen molar-refractivity contribution in [3.8, 4) is 0 Å². The number of hydrogen-bond donors (Lipinski definition) is 3. The quantitative estimate of drug-likeness (QED) is 0.333. The van der Waals surface area contributed by atoms with Crippen LogP contribution in [-0.2, 0) is 9.47 Å². The summed E-state index contributed by atoms with van der Waals surface area (Å²) in [6.07, 6.45) is 12.3. The van der Waals surface area contributed by atoms with Crippen LogP contribution < -0.4 is 0 Å². The lowest BCUT2D eigenvalue weighted by Gasteiger charge is -2.20. The van der Waals surface area contributed by atoms with E-state index in [1.807, 2.05) is 0 Å². The minimum Gasteiger partial charge on any atom is -0.394 e. The van der Waals surface area contributed by atoms with Crippen molar-refractivity contribution < 1.29 is 24.8 Å². The lowest BCUT2D eigenvalue weighted by Crippen LogP contribution is -2.41. The summed E-state index contributed by atoms with van der Waals surface area (Å²) >= 11 is 0. The van der Waals surface area contributed by atoms with E-state index in [1.54, 1.807) is 0 Å². The van der Waals surface area contributed by atoms with Gasteiger partial charge in [-0.2, -0.15) is 0 Å². The van der Waals surface area contributed by atoms with Crippen LogP contribution in [0, 0.1) is 0 Å². The van der Waals surface area contributed by atoms with Crippen molar-refractivity contribution >= 4 is 0 Å². The number of aliphatic hydroxyl groups excluding tert-OH is 3. The van der Waals surface area contributed by atoms with Gasteiger partial charge in [-0.15, -0.1) is 0 Å². The first-order valence-corrected chi connectivity index (χ1v) is 9.55. The van der Waals surface area contributed by atoms with Crippen LogP contribution >= 0.6 is 0 Å². The predicted molar refractivity (Wildman–Crippen MR) is 94.9 cm³/mol. The van der Waals surface area contributed by atoms with Crippen molar-refractivity contribution in [1.29, 1.82) is 0 Å². The Bertz CT molecular complexity index is 321. The molecule has 5 heteroatoms. The zero-order valence-electron chi connectivity index (χ0n) is 15.1. The molecular formula is C19H36O5. The third kappa shape index (κ3) is 8.58. The van der Waals surface area contributed by atoms with Gasteiger partial charge in [-0.3, -0.25) is 0 Å². The van der Waals surface area contributed by atoms with E-state index < -0.39 is 31.0 Å². The Morgan fingerprint density at radius 3 is 2.38 bits per heavy atom. The molecule has 142 valence electrons. The molecular weight excluding hydrogens is 308 g/mol. The highest BCUT2D eigenvalue weighted by Gasteiger charge is 2.40. The van der Waals surface area contributed by atoms with Crippen LogP contribution in [0.2, 0.25) is 0 Å². The number of hydrogen-bond acceptors (Lipinski definition) is 5. The zero-order chi connectivity index (χ0) is 17.6. The Hall–Kier alpha value is -0.460. The van der Waals surface area contributed by atoms with Crippen LogP contribution in [0.15, 0.2) is 12.2 Å². The standard InChI is InChI=1S/C19H36O5/c1-2-3-4-5-6-7-8-9-10-11-12-13-23-17-15-24-19(18(17)22)16(21)14-20/h7-8,16-22H,2-6,9-15H2,1H3/b8-7+/t16-,17+,18-,19-/m1/s1. The van der Waals surface area contributed by atoms with Crippen molar-refractivity contribution in [3.63, 3.8) is 0 Å². The van der Waals surface area contributed by atoms with Gasteiger partial charge >= 0.3 is 0 Å². The molecule has 5 nitrogen and oxygen atoms in total. The number of ether oxygens (including phenoxy) is 2. The molecule has 3 N–H and O–H groups in total. The van der Waals surface area contributed by atoms with Gasteiger partial charge in [-0.25, -0.2) is 0 Å². The fourth-order valence-electron chi connectivity index (χ4n) is 2.90. The van der Waals surface area contributed by atoms with Crippen LogP contribution in [0.5, 0.6) is 0 Å². The minimum absolute atomic E-state index is 0.268. The molecule has 0 saturated carbocycles. The van der Waals surface area contributed by atoms with Crippen molar-refractivity contribution in [3.05, 3.63) is 12.2 Å². The Labute approximate surface area is 146 Å². The summed E-state index contributed by atoms with van der Waals surface area (Å²) in [4.78, 5) is 0. The van der Waals surface area contributed by atoms with Gasteiger partial charge in [0.15, 0.2) is 0 Å². The van der Waals surface area contributed by atoms with Crippen LogP contribution in [0.3, 0.4) is 0 Å². The van der Waals surface area contributed by atoms with Crippen LogP contribution in [0.1, 0.15) is 64.7 Å². The van der Waals surface area contributed by atoms with Crippen molar-refractivity contribution in [2.45, 2.75) is 89.1 Å². The number of aliphatic hydroxyl groups is 3. The minimum atomic E-state index is -1.05. The zero-order valence-corrected chi connectivity index (χ0v) is 15.1. The van der Waals surface area contributed by atoms with Gasteiger partial charge in [-0.1, -0.05) is 44.8 Å². The highest BCUT2D eigenvalue weighted by Crippen LogP contribution is 2.20. The van der Waals surface area contributed by atoms with E-state index >= 15 is 0 Å². The van der Waals surface area contributed by atoms with Crippen molar-refractivity contribution in [2.24, 2.45) is 0 Å². The smallest absolute Gasteiger partial charge is 0.114 e. The van der Waals surface area contributed by atoms with Gasteiger partial charge in [0.2, 0.25) is 0 Å². The molecule has 1 rings (SSSR count). The second-order valence-corrected chi connectivity index (χ2v) is 6.62. The molecule has 1 aliphatic heterocycles. The van der Waals surface area contributed by atoms with Gasteiger partial charge in [0.05, 0.1) is 13.2 Å². The highest BCUT2D eigenvalue weighted by molar-refractivity contribution is 4.88. The summed E-state index contributed by atoms with van der Waals surface area (Å²) in [5.41, 5.74) is 0. The number of rotatable bonds is 14. The molecule has 0 aromatic heterocycles. The third-order valence-electron chi connectivity index (χ3n) is 4.47. The average molecular weight is 344 g/mol. The van der Waals surface area contributed by atoms with Gasteiger partial charge in [-0.05, 0) is 32.1 Å². The van der Waals surface area contributed by atoms with Crippen molar-refractivity contribution in [2.75, 3.05) is 19.8 Å². The van der Waals surface area contributed by atoms with Crippen molar-refractivity contribution in [1.82, 2.24) is 0 Å². The first-order chi connectivity index (χ1) is 11.7. The maximum Gasteiger partial charge on any atom is 0.114 e. The van der Waals surface area contributed by atoms with E-state index in [9.17, 15) is 10.2 Å². The lowest BCUT2D eigenvalue weighted by molar-refractivity contribution is -0.0730. The highest BCUT2D eigenvalue weighted by atomic mass is 16.6. The summed E-state index contributed by atoms with van der Waals surface area (Å²) in [6, 6.07) is 0. The van der Waals surface area contributed by atoms with Gasteiger partial charge in [0.25, 0.3) is 0 Å². The Morgan fingerprint density at radius 1 is 1.08 bits per heavy atom. The largest absolute Gasteiger partial charge is 0.394 e. The molecule has 0 spiro atoms. The van der Waals surface area contributed by atoms with E-state index in [0.29, 0.717) is 6.61 Å². The predicted octanol–water partition coefficient (Wildman–Crippen LogP) is 2.57. The van der Waals surface area contributed by atoms with Gasteiger partial charge in [0.1, 0.15) is 24.4 Å². The number of allylic oxidation sites excluding steroid dienone is 2. The molecule has 0 aliphatic carbocycles. The van der Waals surface area contributed by atoms with Gasteiger partial charge < -0.3 is 24.8 Å². The fraction of sp³-hybridized carbons (Fsp3) is 0.895. The topological polar surface area (TPSA) is 79.2 Å². The molecule has 24 heavy (non-hydrogen) atoms. The SMILES string of the molecule is CCCCCC/C=C/CCCCCO[C@H]1CO[C@H]([C@H](O)CO)[C@@H]1O.